The quantitative estimate of drug-likeness (QED) is 0.779. The summed E-state index contributed by atoms with van der Waals surface area (Å²) >= 11 is 0. The molecule has 0 fully saturated rings. The third-order valence-corrected chi connectivity index (χ3v) is 2.05. The first-order chi connectivity index (χ1) is 7.92. The lowest BCUT2D eigenvalue weighted by atomic mass is 10.3. The molecular weight excluding hydrogens is 202 g/mol. The number of nitrogens with one attached hydrogen (secondary N) is 2. The zero-order valence-corrected chi connectivity index (χ0v) is 10.1. The van der Waals surface area contributed by atoms with E-state index in [2.05, 4.69) is 32.2 Å². The Morgan fingerprint density at radius 2 is 2.06 bits per heavy atom. The van der Waals surface area contributed by atoms with E-state index in [0.29, 0.717) is 5.65 Å². The average Bonchev–Trinajstić information content (AvgIpc) is 2.81. The fourth-order valence-electron chi connectivity index (χ4n) is 1.28. The number of rotatable bonds is 4. The lowest BCUT2D eigenvalue weighted by Crippen LogP contribution is -2.03. The second-order valence-electron chi connectivity index (χ2n) is 3.10. The van der Waals surface area contributed by atoms with Gasteiger partial charge in [0.05, 0.1) is 6.33 Å². The second-order valence-corrected chi connectivity index (χ2v) is 3.10. The van der Waals surface area contributed by atoms with Crippen LogP contribution in [0.15, 0.2) is 12.7 Å². The molecule has 0 aromatic carbocycles. The Morgan fingerprint density at radius 3 is 2.81 bits per heavy atom. The van der Waals surface area contributed by atoms with Crippen LogP contribution in [0, 0.1) is 0 Å². The molecule has 0 amide bonds. The molecule has 2 aromatic rings. The Hall–Kier alpha value is -1.65. The van der Waals surface area contributed by atoms with Crippen molar-refractivity contribution >= 4 is 17.0 Å². The largest absolute Gasteiger partial charge is 0.368 e. The van der Waals surface area contributed by atoms with Crippen molar-refractivity contribution in [3.8, 4) is 0 Å². The van der Waals surface area contributed by atoms with E-state index in [1.54, 1.807) is 6.33 Å². The number of imidazole rings is 1. The van der Waals surface area contributed by atoms with Gasteiger partial charge in [0.2, 0.25) is 0 Å². The molecule has 0 spiro atoms. The summed E-state index contributed by atoms with van der Waals surface area (Å²) in [5, 5.41) is 3.25. The molecule has 0 unspecified atom stereocenters. The number of hydrogen-bond acceptors (Lipinski definition) is 4. The van der Waals surface area contributed by atoms with Crippen molar-refractivity contribution in [2.24, 2.45) is 0 Å². The summed E-state index contributed by atoms with van der Waals surface area (Å²) in [6, 6.07) is 0. The molecule has 5 heteroatoms. The molecular formula is C11H19N5. The van der Waals surface area contributed by atoms with Crippen molar-refractivity contribution in [1.29, 1.82) is 0 Å². The lowest BCUT2D eigenvalue weighted by molar-refractivity contribution is 0.831. The summed E-state index contributed by atoms with van der Waals surface area (Å²) in [5.74, 6) is 0.834. The van der Waals surface area contributed by atoms with E-state index >= 15 is 0 Å². The molecule has 0 saturated heterocycles. The Balaban J connectivity index is 0.000000606. The van der Waals surface area contributed by atoms with E-state index in [1.165, 1.54) is 12.7 Å². The highest BCUT2D eigenvalue weighted by Crippen LogP contribution is 2.13. The van der Waals surface area contributed by atoms with Crippen LogP contribution in [-0.4, -0.2) is 26.5 Å². The smallest absolute Gasteiger partial charge is 0.182 e. The average molecular weight is 221 g/mol. The van der Waals surface area contributed by atoms with Crippen molar-refractivity contribution in [2.45, 2.75) is 33.6 Å². The number of hydrogen-bond donors (Lipinski definition) is 2. The van der Waals surface area contributed by atoms with Crippen molar-refractivity contribution in [1.82, 2.24) is 19.9 Å². The van der Waals surface area contributed by atoms with Gasteiger partial charge in [-0.25, -0.2) is 15.0 Å². The van der Waals surface area contributed by atoms with Gasteiger partial charge in [-0.1, -0.05) is 27.2 Å². The van der Waals surface area contributed by atoms with E-state index in [0.717, 1.165) is 24.3 Å². The van der Waals surface area contributed by atoms with Crippen LogP contribution in [0.3, 0.4) is 0 Å². The Bertz CT molecular complexity index is 409. The number of aromatic amines is 1. The maximum absolute atomic E-state index is 4.16. The highest BCUT2D eigenvalue weighted by molar-refractivity contribution is 5.81. The van der Waals surface area contributed by atoms with Crippen molar-refractivity contribution in [3.05, 3.63) is 12.7 Å². The van der Waals surface area contributed by atoms with E-state index in [-0.39, 0.29) is 0 Å². The highest BCUT2D eigenvalue weighted by Gasteiger charge is 2.03. The summed E-state index contributed by atoms with van der Waals surface area (Å²) in [6.45, 7) is 7.09. The first-order valence-corrected chi connectivity index (χ1v) is 5.79. The maximum Gasteiger partial charge on any atom is 0.182 e. The van der Waals surface area contributed by atoms with Crippen molar-refractivity contribution in [3.63, 3.8) is 0 Å². The lowest BCUT2D eigenvalue weighted by Gasteiger charge is -2.03. The standard InChI is InChI=1S/C9H13N5.C2H6/c1-2-3-4-10-8-7-9(12-5-11-7)14-6-13-8;1-2/h5-6H,2-4H2,1H3,(H2,10,11,12,13,14);1-2H3. The summed E-state index contributed by atoms with van der Waals surface area (Å²) in [4.78, 5) is 15.3. The molecule has 2 rings (SSSR count). The van der Waals surface area contributed by atoms with Crippen LogP contribution in [0.1, 0.15) is 33.6 Å². The van der Waals surface area contributed by atoms with Gasteiger partial charge in [-0.05, 0) is 6.42 Å². The van der Waals surface area contributed by atoms with Crippen LogP contribution in [0.25, 0.3) is 11.2 Å². The molecule has 2 aromatic heterocycles. The molecule has 0 aliphatic heterocycles. The molecule has 0 atom stereocenters. The number of unbranched alkanes of at least 4 members (excludes halogenated alkanes) is 1. The topological polar surface area (TPSA) is 66.5 Å². The van der Waals surface area contributed by atoms with Gasteiger partial charge in [0.1, 0.15) is 11.8 Å². The van der Waals surface area contributed by atoms with Crippen LogP contribution in [0.5, 0.6) is 0 Å². The van der Waals surface area contributed by atoms with Gasteiger partial charge in [0, 0.05) is 6.54 Å². The fourth-order valence-corrected chi connectivity index (χ4v) is 1.28. The number of aromatic nitrogens is 4. The fraction of sp³-hybridized carbons (Fsp3) is 0.545. The third kappa shape index (κ3) is 2.92. The Kier molecular flexibility index (Phi) is 5.25. The minimum atomic E-state index is 0.707. The minimum Gasteiger partial charge on any atom is -0.368 e. The van der Waals surface area contributed by atoms with E-state index in [9.17, 15) is 0 Å². The summed E-state index contributed by atoms with van der Waals surface area (Å²) < 4.78 is 0. The molecule has 88 valence electrons. The molecule has 5 nitrogen and oxygen atoms in total. The predicted molar refractivity (Wildman–Crippen MR) is 66.4 cm³/mol. The summed E-state index contributed by atoms with van der Waals surface area (Å²) in [6.07, 6.45) is 5.46. The first kappa shape index (κ1) is 12.4. The van der Waals surface area contributed by atoms with Gasteiger partial charge in [0.25, 0.3) is 0 Å². The summed E-state index contributed by atoms with van der Waals surface area (Å²) in [7, 11) is 0. The van der Waals surface area contributed by atoms with Crippen LogP contribution in [0.2, 0.25) is 0 Å². The monoisotopic (exact) mass is 221 g/mol. The molecule has 2 N–H and O–H groups in total. The molecule has 16 heavy (non-hydrogen) atoms. The number of anilines is 1. The summed E-state index contributed by atoms with van der Waals surface area (Å²) in [5.41, 5.74) is 1.59. The van der Waals surface area contributed by atoms with E-state index in [4.69, 9.17) is 0 Å². The van der Waals surface area contributed by atoms with Crippen LogP contribution in [0.4, 0.5) is 5.82 Å². The first-order valence-electron chi connectivity index (χ1n) is 5.79. The molecule has 0 aliphatic rings. The van der Waals surface area contributed by atoms with Gasteiger partial charge >= 0.3 is 0 Å². The zero-order chi connectivity index (χ0) is 11.8. The van der Waals surface area contributed by atoms with Gasteiger partial charge in [-0.15, -0.1) is 0 Å². The number of fused-ring (bicyclic) bond motifs is 1. The minimum absolute atomic E-state index is 0.707. The normalized spacial score (nSPS) is 9.69. The predicted octanol–water partition coefficient (Wildman–Crippen LogP) is 2.59. The van der Waals surface area contributed by atoms with Gasteiger partial charge in [-0.3, -0.25) is 0 Å². The SMILES string of the molecule is CC.CCCCNc1ncnc2nc[nH]c12. The van der Waals surface area contributed by atoms with Crippen LogP contribution < -0.4 is 5.32 Å². The van der Waals surface area contributed by atoms with Gasteiger partial charge in [0.15, 0.2) is 11.5 Å². The molecule has 0 bridgehead atoms. The maximum atomic E-state index is 4.16. The Labute approximate surface area is 95.7 Å². The van der Waals surface area contributed by atoms with Gasteiger partial charge < -0.3 is 10.3 Å². The van der Waals surface area contributed by atoms with Crippen LogP contribution >= 0.6 is 0 Å². The Morgan fingerprint density at radius 1 is 1.25 bits per heavy atom. The molecule has 0 aliphatic carbocycles. The van der Waals surface area contributed by atoms with E-state index in [1.807, 2.05) is 13.8 Å². The number of nitrogens with zero attached hydrogens (tertiary/aromatic N) is 3. The van der Waals surface area contributed by atoms with Gasteiger partial charge in [-0.2, -0.15) is 0 Å². The van der Waals surface area contributed by atoms with Crippen LogP contribution in [-0.2, 0) is 0 Å². The second kappa shape index (κ2) is 6.76. The van der Waals surface area contributed by atoms with Crippen molar-refractivity contribution in [2.75, 3.05) is 11.9 Å². The highest BCUT2D eigenvalue weighted by atomic mass is 15.1. The third-order valence-electron chi connectivity index (χ3n) is 2.05. The molecule has 0 saturated carbocycles. The zero-order valence-electron chi connectivity index (χ0n) is 10.1. The molecule has 2 heterocycles. The number of H-pyrrole nitrogens is 1. The molecule has 0 radical (unpaired) electrons. The van der Waals surface area contributed by atoms with E-state index < -0.39 is 0 Å². The van der Waals surface area contributed by atoms with Crippen molar-refractivity contribution < 1.29 is 0 Å².